The van der Waals surface area contributed by atoms with Gasteiger partial charge in [0, 0.05) is 18.4 Å². The second-order valence-corrected chi connectivity index (χ2v) is 7.75. The summed E-state index contributed by atoms with van der Waals surface area (Å²) in [5.74, 6) is -2.14. The number of thiazole rings is 1. The molecule has 1 aliphatic heterocycles. The zero-order valence-corrected chi connectivity index (χ0v) is 17.1. The number of ether oxygens (including phenoxy) is 1. The van der Waals surface area contributed by atoms with Crippen LogP contribution < -0.4 is 9.70 Å². The number of rotatable bonds is 4. The van der Waals surface area contributed by atoms with Gasteiger partial charge in [-0.05, 0) is 42.5 Å². The lowest BCUT2D eigenvalue weighted by molar-refractivity contribution is -0.141. The number of halogens is 1. The van der Waals surface area contributed by atoms with Crippen molar-refractivity contribution in [3.05, 3.63) is 58.6 Å². The molecule has 0 spiro atoms. The highest BCUT2D eigenvalue weighted by Crippen LogP contribution is 2.23. The Hall–Kier alpha value is -3.66. The third-order valence-electron chi connectivity index (χ3n) is 4.78. The van der Waals surface area contributed by atoms with Crippen molar-refractivity contribution in [1.29, 1.82) is 0 Å². The predicted molar refractivity (Wildman–Crippen MR) is 110 cm³/mol. The lowest BCUT2D eigenvalue weighted by Gasteiger charge is -2.13. The molecule has 1 saturated heterocycles. The van der Waals surface area contributed by atoms with Gasteiger partial charge in [0.2, 0.25) is 11.8 Å². The van der Waals surface area contributed by atoms with Crippen molar-refractivity contribution in [3.63, 3.8) is 0 Å². The molecule has 3 amide bonds. The molecule has 4 rings (SSSR count). The summed E-state index contributed by atoms with van der Waals surface area (Å²) >= 11 is 1.07. The zero-order valence-electron chi connectivity index (χ0n) is 16.3. The molecule has 1 fully saturated rings. The van der Waals surface area contributed by atoms with Crippen LogP contribution in [0.5, 0.6) is 0 Å². The quantitative estimate of drug-likeness (QED) is 0.458. The number of benzene rings is 2. The normalized spacial score (nSPS) is 14.5. The Morgan fingerprint density at radius 1 is 1.10 bits per heavy atom. The van der Waals surface area contributed by atoms with Crippen LogP contribution >= 0.6 is 11.3 Å². The average Bonchev–Trinajstić information content (AvgIpc) is 3.26. The number of methoxy groups -OCH3 is 1. The molecule has 0 unspecified atom stereocenters. The van der Waals surface area contributed by atoms with Crippen molar-refractivity contribution in [2.75, 3.05) is 12.0 Å². The first-order chi connectivity index (χ1) is 14.9. The molecule has 31 heavy (non-hydrogen) atoms. The third-order valence-corrected chi connectivity index (χ3v) is 5.82. The number of anilines is 1. The van der Waals surface area contributed by atoms with E-state index < -0.39 is 17.7 Å². The van der Waals surface area contributed by atoms with Gasteiger partial charge in [-0.25, -0.2) is 4.39 Å². The van der Waals surface area contributed by atoms with Gasteiger partial charge >= 0.3 is 5.97 Å². The number of hydrogen-bond donors (Lipinski definition) is 0. The van der Waals surface area contributed by atoms with E-state index in [1.165, 1.54) is 54.1 Å². The standard InChI is InChI=1S/C21H16FN3O5S/c1-30-19(28)11-24-15-7-4-13(22)10-16(15)31-21(24)23-20(29)12-2-5-14(6-3-12)25-17(26)8-9-18(25)27/h2-7,10H,8-9,11H2,1H3. The molecular weight excluding hydrogens is 425 g/mol. The summed E-state index contributed by atoms with van der Waals surface area (Å²) in [4.78, 5) is 53.7. The van der Waals surface area contributed by atoms with Crippen LogP contribution in [0.25, 0.3) is 10.2 Å². The van der Waals surface area contributed by atoms with Crippen molar-refractivity contribution in [2.45, 2.75) is 19.4 Å². The van der Waals surface area contributed by atoms with E-state index in [2.05, 4.69) is 4.99 Å². The van der Waals surface area contributed by atoms with Crippen LogP contribution in [-0.4, -0.2) is 35.4 Å². The molecule has 0 atom stereocenters. The summed E-state index contributed by atoms with van der Waals surface area (Å²) < 4.78 is 20.3. The van der Waals surface area contributed by atoms with E-state index in [-0.39, 0.29) is 41.6 Å². The fraction of sp³-hybridized carbons (Fsp3) is 0.190. The van der Waals surface area contributed by atoms with Gasteiger partial charge in [0.25, 0.3) is 5.91 Å². The SMILES string of the molecule is COC(=O)Cn1c(=NC(=O)c2ccc(N3C(=O)CCC3=O)cc2)sc2cc(F)ccc21. The topological polar surface area (TPSA) is 98.0 Å². The Bertz CT molecular complexity index is 1280. The van der Waals surface area contributed by atoms with Crippen LogP contribution in [0, 0.1) is 5.82 Å². The number of fused-ring (bicyclic) bond motifs is 1. The predicted octanol–water partition coefficient (Wildman–Crippen LogP) is 2.41. The number of esters is 1. The van der Waals surface area contributed by atoms with Crippen LogP contribution in [-0.2, 0) is 25.7 Å². The molecule has 0 bridgehead atoms. The van der Waals surface area contributed by atoms with Crippen molar-refractivity contribution in [2.24, 2.45) is 4.99 Å². The minimum absolute atomic E-state index is 0.168. The molecule has 0 radical (unpaired) electrons. The van der Waals surface area contributed by atoms with E-state index in [1.807, 2.05) is 0 Å². The Kier molecular flexibility index (Phi) is 5.47. The molecule has 10 heteroatoms. The van der Waals surface area contributed by atoms with Crippen molar-refractivity contribution < 1.29 is 28.3 Å². The molecule has 0 N–H and O–H groups in total. The zero-order chi connectivity index (χ0) is 22.1. The molecule has 0 aliphatic carbocycles. The summed E-state index contributed by atoms with van der Waals surface area (Å²) in [6.07, 6.45) is 0.336. The number of nitrogens with zero attached hydrogens (tertiary/aromatic N) is 3. The fourth-order valence-corrected chi connectivity index (χ4v) is 4.30. The first-order valence-electron chi connectivity index (χ1n) is 9.28. The number of hydrogen-bond acceptors (Lipinski definition) is 6. The molecule has 2 aromatic carbocycles. The molecule has 1 aromatic heterocycles. The highest BCUT2D eigenvalue weighted by molar-refractivity contribution is 7.16. The first-order valence-corrected chi connectivity index (χ1v) is 10.1. The van der Waals surface area contributed by atoms with Crippen molar-refractivity contribution in [1.82, 2.24) is 4.57 Å². The maximum absolute atomic E-state index is 13.6. The van der Waals surface area contributed by atoms with Crippen LogP contribution in [0.3, 0.4) is 0 Å². The maximum atomic E-state index is 13.6. The van der Waals surface area contributed by atoms with E-state index in [4.69, 9.17) is 4.74 Å². The van der Waals surface area contributed by atoms with Gasteiger partial charge in [0.1, 0.15) is 12.4 Å². The van der Waals surface area contributed by atoms with Gasteiger partial charge in [0.15, 0.2) is 4.80 Å². The molecule has 1 aliphatic rings. The smallest absolute Gasteiger partial charge is 0.325 e. The number of aromatic nitrogens is 1. The molecule has 0 saturated carbocycles. The highest BCUT2D eigenvalue weighted by atomic mass is 32.1. The number of carbonyl (C=O) groups is 4. The van der Waals surface area contributed by atoms with Crippen molar-refractivity contribution >= 4 is 50.9 Å². The van der Waals surface area contributed by atoms with Crippen LogP contribution in [0.15, 0.2) is 47.5 Å². The van der Waals surface area contributed by atoms with Gasteiger partial charge < -0.3 is 9.30 Å². The van der Waals surface area contributed by atoms with E-state index in [1.54, 1.807) is 0 Å². The molecule has 2 heterocycles. The lowest BCUT2D eigenvalue weighted by Crippen LogP contribution is -2.28. The molecule has 8 nitrogen and oxygen atoms in total. The average molecular weight is 441 g/mol. The molecule has 3 aromatic rings. The number of imide groups is 1. The lowest BCUT2D eigenvalue weighted by atomic mass is 10.2. The minimum Gasteiger partial charge on any atom is -0.468 e. The van der Waals surface area contributed by atoms with Crippen LogP contribution in [0.4, 0.5) is 10.1 Å². The third kappa shape index (κ3) is 4.02. The van der Waals surface area contributed by atoms with Gasteiger partial charge in [-0.3, -0.25) is 24.1 Å². The molecule has 158 valence electrons. The summed E-state index contributed by atoms with van der Waals surface area (Å²) in [5.41, 5.74) is 1.17. The Balaban J connectivity index is 1.70. The summed E-state index contributed by atoms with van der Waals surface area (Å²) in [6, 6.07) is 10.0. The van der Waals surface area contributed by atoms with E-state index in [0.717, 1.165) is 16.2 Å². The first kappa shape index (κ1) is 20.6. The Morgan fingerprint density at radius 3 is 2.42 bits per heavy atom. The monoisotopic (exact) mass is 441 g/mol. The second kappa shape index (κ2) is 8.23. The molecular formula is C21H16FN3O5S. The maximum Gasteiger partial charge on any atom is 0.325 e. The number of carbonyl (C=O) groups excluding carboxylic acids is 4. The van der Waals surface area contributed by atoms with E-state index >= 15 is 0 Å². The van der Waals surface area contributed by atoms with E-state index in [0.29, 0.717) is 15.9 Å². The number of amides is 3. The Labute approximate surface area is 179 Å². The highest BCUT2D eigenvalue weighted by Gasteiger charge is 2.30. The van der Waals surface area contributed by atoms with Crippen LogP contribution in [0.2, 0.25) is 0 Å². The van der Waals surface area contributed by atoms with Gasteiger partial charge in [-0.15, -0.1) is 0 Å². The van der Waals surface area contributed by atoms with Gasteiger partial charge in [0.05, 0.1) is 23.0 Å². The summed E-state index contributed by atoms with van der Waals surface area (Å²) in [5, 5.41) is 0. The van der Waals surface area contributed by atoms with Crippen molar-refractivity contribution in [3.8, 4) is 0 Å². The van der Waals surface area contributed by atoms with Gasteiger partial charge in [-0.2, -0.15) is 4.99 Å². The second-order valence-electron chi connectivity index (χ2n) is 6.75. The largest absolute Gasteiger partial charge is 0.468 e. The fourth-order valence-electron chi connectivity index (χ4n) is 3.25. The minimum atomic E-state index is -0.587. The van der Waals surface area contributed by atoms with E-state index in [9.17, 15) is 23.6 Å². The Morgan fingerprint density at radius 2 is 1.77 bits per heavy atom. The van der Waals surface area contributed by atoms with Gasteiger partial charge in [-0.1, -0.05) is 11.3 Å². The summed E-state index contributed by atoms with van der Waals surface area (Å²) in [7, 11) is 1.25. The van der Waals surface area contributed by atoms with Crippen LogP contribution in [0.1, 0.15) is 23.2 Å². The summed E-state index contributed by atoms with van der Waals surface area (Å²) in [6.45, 7) is -0.188.